The van der Waals surface area contributed by atoms with Gasteiger partial charge in [-0.2, -0.15) is 0 Å². The third kappa shape index (κ3) is 5.64. The number of hydrogen-bond acceptors (Lipinski definition) is 5. The van der Waals surface area contributed by atoms with Gasteiger partial charge in [0.25, 0.3) is 11.8 Å². The van der Waals surface area contributed by atoms with Crippen LogP contribution in [-0.2, 0) is 4.79 Å². The number of rotatable bonds is 9. The summed E-state index contributed by atoms with van der Waals surface area (Å²) in [4.78, 5) is 23.1. The Morgan fingerprint density at radius 3 is 2.37 bits per heavy atom. The van der Waals surface area contributed by atoms with E-state index in [4.69, 9.17) is 19.9 Å². The lowest BCUT2D eigenvalue weighted by Crippen LogP contribution is -2.28. The Kier molecular flexibility index (Phi) is 7.05. The molecule has 0 aliphatic carbocycles. The summed E-state index contributed by atoms with van der Waals surface area (Å²) < 4.78 is 16.2. The highest BCUT2D eigenvalue weighted by Gasteiger charge is 2.12. The van der Waals surface area contributed by atoms with Crippen molar-refractivity contribution in [1.82, 2.24) is 5.32 Å². The summed E-state index contributed by atoms with van der Waals surface area (Å²) in [5.41, 5.74) is 7.57. The van der Waals surface area contributed by atoms with Crippen LogP contribution in [0, 0.1) is 13.8 Å². The monoisotopic (exact) mass is 372 g/mol. The van der Waals surface area contributed by atoms with E-state index in [2.05, 4.69) is 5.32 Å². The number of ether oxygens (including phenoxy) is 3. The molecule has 0 aliphatic heterocycles. The molecule has 0 saturated carbocycles. The predicted molar refractivity (Wildman–Crippen MR) is 101 cm³/mol. The SMILES string of the molecule is COc1cc(C(=O)NCCOc2c(C)cccc2C)ccc1OCC(N)=O. The van der Waals surface area contributed by atoms with Crippen LogP contribution >= 0.6 is 0 Å². The molecule has 7 heteroatoms. The molecule has 2 amide bonds. The standard InChI is InChI=1S/C20H24N2O5/c1-13-5-4-6-14(2)19(13)26-10-9-22-20(24)15-7-8-16(17(11-15)25-3)27-12-18(21)23/h4-8,11H,9-10,12H2,1-3H3,(H2,21,23)(H,22,24). The van der Waals surface area contributed by atoms with Gasteiger partial charge in [0.2, 0.25) is 0 Å². The van der Waals surface area contributed by atoms with E-state index in [1.807, 2.05) is 32.0 Å². The maximum Gasteiger partial charge on any atom is 0.255 e. The second kappa shape index (κ2) is 9.47. The molecule has 0 fully saturated rings. The first kappa shape index (κ1) is 20.1. The van der Waals surface area contributed by atoms with Crippen LogP contribution in [0.2, 0.25) is 0 Å². The molecule has 7 nitrogen and oxygen atoms in total. The third-order valence-corrected chi connectivity index (χ3v) is 3.84. The number of carbonyl (C=O) groups is 2. The second-order valence-corrected chi connectivity index (χ2v) is 5.95. The molecule has 144 valence electrons. The van der Waals surface area contributed by atoms with E-state index in [1.54, 1.807) is 12.1 Å². The summed E-state index contributed by atoms with van der Waals surface area (Å²) in [6, 6.07) is 10.6. The minimum atomic E-state index is -0.595. The first-order valence-corrected chi connectivity index (χ1v) is 8.48. The molecule has 0 unspecified atom stereocenters. The van der Waals surface area contributed by atoms with Crippen LogP contribution in [0.25, 0.3) is 0 Å². The zero-order valence-corrected chi connectivity index (χ0v) is 15.7. The molecule has 2 aromatic rings. The van der Waals surface area contributed by atoms with Gasteiger partial charge in [0.15, 0.2) is 18.1 Å². The van der Waals surface area contributed by atoms with E-state index in [-0.39, 0.29) is 12.5 Å². The number of nitrogens with two attached hydrogens (primary N) is 1. The Balaban J connectivity index is 1.91. The van der Waals surface area contributed by atoms with Crippen LogP contribution in [-0.4, -0.2) is 38.7 Å². The normalized spacial score (nSPS) is 10.2. The number of para-hydroxylation sites is 1. The quantitative estimate of drug-likeness (QED) is 0.656. The Morgan fingerprint density at radius 2 is 1.74 bits per heavy atom. The van der Waals surface area contributed by atoms with Crippen molar-refractivity contribution in [3.8, 4) is 17.2 Å². The Morgan fingerprint density at radius 1 is 1.04 bits per heavy atom. The lowest BCUT2D eigenvalue weighted by Gasteiger charge is -2.13. The van der Waals surface area contributed by atoms with Crippen molar-refractivity contribution in [3.63, 3.8) is 0 Å². The second-order valence-electron chi connectivity index (χ2n) is 5.95. The fourth-order valence-electron chi connectivity index (χ4n) is 2.52. The van der Waals surface area contributed by atoms with Gasteiger partial charge in [-0.3, -0.25) is 9.59 Å². The summed E-state index contributed by atoms with van der Waals surface area (Å²) in [5, 5.41) is 2.79. The summed E-state index contributed by atoms with van der Waals surface area (Å²) >= 11 is 0. The molecule has 2 aromatic carbocycles. The number of benzene rings is 2. The molecule has 0 aromatic heterocycles. The smallest absolute Gasteiger partial charge is 0.255 e. The molecule has 27 heavy (non-hydrogen) atoms. The van der Waals surface area contributed by atoms with Gasteiger partial charge in [0.05, 0.1) is 13.7 Å². The van der Waals surface area contributed by atoms with Crippen molar-refractivity contribution < 1.29 is 23.8 Å². The Hall–Kier alpha value is -3.22. The molecular weight excluding hydrogens is 348 g/mol. The van der Waals surface area contributed by atoms with Crippen LogP contribution in [0.1, 0.15) is 21.5 Å². The summed E-state index contributed by atoms with van der Waals surface area (Å²) in [7, 11) is 1.45. The van der Waals surface area contributed by atoms with Crippen molar-refractivity contribution in [2.24, 2.45) is 5.73 Å². The van der Waals surface area contributed by atoms with Crippen molar-refractivity contribution in [2.45, 2.75) is 13.8 Å². The maximum atomic E-state index is 12.3. The molecule has 0 saturated heterocycles. The highest BCUT2D eigenvalue weighted by atomic mass is 16.5. The number of primary amides is 1. The number of aryl methyl sites for hydroxylation is 2. The van der Waals surface area contributed by atoms with Gasteiger partial charge in [-0.25, -0.2) is 0 Å². The number of nitrogens with one attached hydrogen (secondary N) is 1. The van der Waals surface area contributed by atoms with Crippen LogP contribution in [0.3, 0.4) is 0 Å². The van der Waals surface area contributed by atoms with Gasteiger partial charge in [-0.05, 0) is 43.2 Å². The highest BCUT2D eigenvalue weighted by Crippen LogP contribution is 2.28. The molecule has 0 bridgehead atoms. The lowest BCUT2D eigenvalue weighted by molar-refractivity contribution is -0.119. The molecule has 0 atom stereocenters. The van der Waals surface area contributed by atoms with Crippen molar-refractivity contribution >= 4 is 11.8 Å². The third-order valence-electron chi connectivity index (χ3n) is 3.84. The molecular formula is C20H24N2O5. The van der Waals surface area contributed by atoms with E-state index >= 15 is 0 Å². The van der Waals surface area contributed by atoms with Crippen LogP contribution in [0.5, 0.6) is 17.2 Å². The molecule has 3 N–H and O–H groups in total. The number of amides is 2. The number of carbonyl (C=O) groups excluding carboxylic acids is 2. The number of hydrogen-bond donors (Lipinski definition) is 2. The van der Waals surface area contributed by atoms with E-state index in [9.17, 15) is 9.59 Å². The predicted octanol–water partition coefficient (Wildman–Crippen LogP) is 1.98. The van der Waals surface area contributed by atoms with E-state index < -0.39 is 5.91 Å². The zero-order valence-electron chi connectivity index (χ0n) is 15.7. The zero-order chi connectivity index (χ0) is 19.8. The lowest BCUT2D eigenvalue weighted by atomic mass is 10.1. The van der Waals surface area contributed by atoms with Crippen LogP contribution in [0.15, 0.2) is 36.4 Å². The van der Waals surface area contributed by atoms with E-state index in [0.29, 0.717) is 30.2 Å². The van der Waals surface area contributed by atoms with Gasteiger partial charge in [-0.15, -0.1) is 0 Å². The first-order chi connectivity index (χ1) is 12.9. The number of methoxy groups -OCH3 is 1. The van der Waals surface area contributed by atoms with Gasteiger partial charge >= 0.3 is 0 Å². The fraction of sp³-hybridized carbons (Fsp3) is 0.300. The maximum absolute atomic E-state index is 12.3. The summed E-state index contributed by atoms with van der Waals surface area (Å²) in [5.74, 6) is 0.661. The van der Waals surface area contributed by atoms with Crippen molar-refractivity contribution in [3.05, 3.63) is 53.1 Å². The average Bonchev–Trinajstić information content (AvgIpc) is 2.65. The van der Waals surface area contributed by atoms with Crippen LogP contribution < -0.4 is 25.3 Å². The molecule has 2 rings (SSSR count). The minimum absolute atomic E-state index is 0.264. The van der Waals surface area contributed by atoms with E-state index in [1.165, 1.54) is 13.2 Å². The highest BCUT2D eigenvalue weighted by molar-refractivity contribution is 5.94. The van der Waals surface area contributed by atoms with Crippen LogP contribution in [0.4, 0.5) is 0 Å². The first-order valence-electron chi connectivity index (χ1n) is 8.48. The average molecular weight is 372 g/mol. The molecule has 0 heterocycles. The Labute approximate surface area is 158 Å². The summed E-state index contributed by atoms with van der Waals surface area (Å²) in [6.07, 6.45) is 0. The molecule has 0 aliphatic rings. The topological polar surface area (TPSA) is 99.9 Å². The molecule has 0 spiro atoms. The Bertz CT molecular complexity index is 800. The molecule has 0 radical (unpaired) electrons. The van der Waals surface area contributed by atoms with Gasteiger partial charge in [-0.1, -0.05) is 18.2 Å². The van der Waals surface area contributed by atoms with Crippen molar-refractivity contribution in [1.29, 1.82) is 0 Å². The minimum Gasteiger partial charge on any atom is -0.493 e. The largest absolute Gasteiger partial charge is 0.493 e. The van der Waals surface area contributed by atoms with Gasteiger partial charge < -0.3 is 25.3 Å². The van der Waals surface area contributed by atoms with Crippen molar-refractivity contribution in [2.75, 3.05) is 26.9 Å². The summed E-state index contributed by atoms with van der Waals surface area (Å²) in [6.45, 7) is 4.41. The fourth-order valence-corrected chi connectivity index (χ4v) is 2.52. The van der Waals surface area contributed by atoms with Gasteiger partial charge in [0, 0.05) is 5.56 Å². The van der Waals surface area contributed by atoms with Gasteiger partial charge in [0.1, 0.15) is 12.4 Å². The van der Waals surface area contributed by atoms with E-state index in [0.717, 1.165) is 16.9 Å².